The minimum Gasteiger partial charge on any atom is -0.361 e. The third kappa shape index (κ3) is 2.38. The van der Waals surface area contributed by atoms with Crippen LogP contribution in [0.4, 0.5) is 5.69 Å². The van der Waals surface area contributed by atoms with Crippen molar-refractivity contribution in [2.75, 3.05) is 18.5 Å². The molecule has 0 aliphatic carbocycles. The second kappa shape index (κ2) is 4.31. The van der Waals surface area contributed by atoms with Crippen molar-refractivity contribution in [2.45, 2.75) is 0 Å². The van der Waals surface area contributed by atoms with Crippen LogP contribution >= 0.6 is 22.6 Å². The predicted octanol–water partition coefficient (Wildman–Crippen LogP) is 2.25. The molecule has 1 aromatic rings. The van der Waals surface area contributed by atoms with Crippen LogP contribution in [0, 0.1) is 14.9 Å². The molecule has 0 aliphatic heterocycles. The summed E-state index contributed by atoms with van der Waals surface area (Å²) in [6, 6.07) is 10.2. The van der Waals surface area contributed by atoms with Crippen LogP contribution < -0.4 is 4.90 Å². The molecule has 2 nitrogen and oxygen atoms in total. The summed E-state index contributed by atoms with van der Waals surface area (Å²) in [6.07, 6.45) is 0. The quantitative estimate of drug-likeness (QED) is 0.610. The van der Waals surface area contributed by atoms with E-state index in [4.69, 9.17) is 5.26 Å². The fourth-order valence-corrected chi connectivity index (χ4v) is 1.25. The van der Waals surface area contributed by atoms with Crippen molar-refractivity contribution < 1.29 is 0 Å². The maximum Gasteiger partial charge on any atom is 0.105 e. The van der Waals surface area contributed by atoms with Gasteiger partial charge in [0.05, 0.1) is 6.07 Å². The summed E-state index contributed by atoms with van der Waals surface area (Å²) in [5.41, 5.74) is 1.08. The summed E-state index contributed by atoms with van der Waals surface area (Å²) >= 11 is 2.26. The van der Waals surface area contributed by atoms with Gasteiger partial charge in [0.15, 0.2) is 0 Å². The summed E-state index contributed by atoms with van der Waals surface area (Å²) in [7, 11) is 1.91. The van der Waals surface area contributed by atoms with Crippen LogP contribution in [0.3, 0.4) is 0 Å². The molecule has 0 unspecified atom stereocenters. The predicted molar refractivity (Wildman–Crippen MR) is 58.0 cm³/mol. The van der Waals surface area contributed by atoms with Gasteiger partial charge in [-0.25, -0.2) is 0 Å². The molecular formula is C9H9IN2. The molecule has 0 bridgehead atoms. The zero-order valence-corrected chi connectivity index (χ0v) is 8.95. The van der Waals surface area contributed by atoms with E-state index < -0.39 is 0 Å². The van der Waals surface area contributed by atoms with E-state index in [0.717, 1.165) is 5.69 Å². The Kier molecular flexibility index (Phi) is 3.35. The van der Waals surface area contributed by atoms with Gasteiger partial charge in [-0.2, -0.15) is 5.26 Å². The van der Waals surface area contributed by atoms with Gasteiger partial charge in [0.25, 0.3) is 0 Å². The highest BCUT2D eigenvalue weighted by atomic mass is 127. The summed E-state index contributed by atoms with van der Waals surface area (Å²) in [5.74, 6) is 0. The Bertz CT molecular complexity index is 286. The van der Waals surface area contributed by atoms with E-state index in [1.54, 1.807) is 0 Å². The van der Waals surface area contributed by atoms with Crippen LogP contribution in [0.25, 0.3) is 0 Å². The average Bonchev–Trinajstić information content (AvgIpc) is 2.06. The highest BCUT2D eigenvalue weighted by molar-refractivity contribution is 14.1. The van der Waals surface area contributed by atoms with E-state index in [0.29, 0.717) is 6.54 Å². The first kappa shape index (κ1) is 9.33. The van der Waals surface area contributed by atoms with E-state index in [9.17, 15) is 0 Å². The second-order valence-electron chi connectivity index (χ2n) is 2.49. The molecule has 62 valence electrons. The fraction of sp³-hybridized carbons (Fsp3) is 0.222. The fourth-order valence-electron chi connectivity index (χ4n) is 0.893. The molecule has 0 fully saturated rings. The van der Waals surface area contributed by atoms with Crippen molar-refractivity contribution >= 4 is 28.3 Å². The van der Waals surface area contributed by atoms with Crippen molar-refractivity contribution in [1.82, 2.24) is 0 Å². The van der Waals surface area contributed by atoms with Gasteiger partial charge in [-0.15, -0.1) is 0 Å². The summed E-state index contributed by atoms with van der Waals surface area (Å²) < 4.78 is 1.21. The lowest BCUT2D eigenvalue weighted by molar-refractivity contribution is 1.04. The van der Waals surface area contributed by atoms with Gasteiger partial charge >= 0.3 is 0 Å². The Morgan fingerprint density at radius 1 is 1.42 bits per heavy atom. The van der Waals surface area contributed by atoms with Gasteiger partial charge < -0.3 is 4.90 Å². The Morgan fingerprint density at radius 2 is 2.00 bits per heavy atom. The molecule has 0 amide bonds. The molecule has 0 saturated heterocycles. The first-order valence-electron chi connectivity index (χ1n) is 3.57. The lowest BCUT2D eigenvalue weighted by Crippen LogP contribution is -2.16. The van der Waals surface area contributed by atoms with Gasteiger partial charge in [0.1, 0.15) is 6.54 Å². The van der Waals surface area contributed by atoms with Crippen molar-refractivity contribution in [3.63, 3.8) is 0 Å². The Morgan fingerprint density at radius 3 is 2.50 bits per heavy atom. The molecule has 0 saturated carbocycles. The molecule has 0 spiro atoms. The third-order valence-electron chi connectivity index (χ3n) is 1.58. The number of rotatable bonds is 2. The van der Waals surface area contributed by atoms with Gasteiger partial charge in [-0.3, -0.25) is 0 Å². The van der Waals surface area contributed by atoms with Crippen molar-refractivity contribution in [3.05, 3.63) is 27.8 Å². The lowest BCUT2D eigenvalue weighted by Gasteiger charge is -2.14. The minimum atomic E-state index is 0.431. The van der Waals surface area contributed by atoms with Crippen LogP contribution in [0.2, 0.25) is 0 Å². The topological polar surface area (TPSA) is 27.0 Å². The van der Waals surface area contributed by atoms with Crippen molar-refractivity contribution in [3.8, 4) is 6.07 Å². The zero-order chi connectivity index (χ0) is 8.97. The molecule has 0 aromatic heterocycles. The lowest BCUT2D eigenvalue weighted by atomic mass is 10.3. The molecule has 12 heavy (non-hydrogen) atoms. The number of benzene rings is 1. The van der Waals surface area contributed by atoms with E-state index in [2.05, 4.69) is 28.7 Å². The number of nitrogens with zero attached hydrogens (tertiary/aromatic N) is 2. The van der Waals surface area contributed by atoms with Crippen LogP contribution in [0.1, 0.15) is 0 Å². The summed E-state index contributed by atoms with van der Waals surface area (Å²) in [4.78, 5) is 1.91. The Labute approximate surface area is 85.9 Å². The molecular weight excluding hydrogens is 263 g/mol. The number of halogens is 1. The van der Waals surface area contributed by atoms with E-state index in [-0.39, 0.29) is 0 Å². The maximum atomic E-state index is 8.46. The van der Waals surface area contributed by atoms with E-state index in [1.165, 1.54) is 3.57 Å². The summed E-state index contributed by atoms with van der Waals surface area (Å²) in [5, 5.41) is 8.46. The van der Waals surface area contributed by atoms with Gasteiger partial charge in [0.2, 0.25) is 0 Å². The first-order valence-corrected chi connectivity index (χ1v) is 4.65. The SMILES string of the molecule is CN(CC#N)c1ccc(I)cc1. The number of nitriles is 1. The molecule has 0 radical (unpaired) electrons. The number of anilines is 1. The van der Waals surface area contributed by atoms with Gasteiger partial charge in [0, 0.05) is 16.3 Å². The molecule has 1 rings (SSSR count). The van der Waals surface area contributed by atoms with E-state index >= 15 is 0 Å². The zero-order valence-electron chi connectivity index (χ0n) is 6.79. The molecule has 0 aliphatic rings. The normalized spacial score (nSPS) is 9.08. The smallest absolute Gasteiger partial charge is 0.105 e. The van der Waals surface area contributed by atoms with Gasteiger partial charge in [-0.1, -0.05) is 0 Å². The summed E-state index contributed by atoms with van der Waals surface area (Å²) in [6.45, 7) is 0.431. The molecule has 1 aromatic carbocycles. The van der Waals surface area contributed by atoms with Crippen molar-refractivity contribution in [2.24, 2.45) is 0 Å². The van der Waals surface area contributed by atoms with E-state index in [1.807, 2.05) is 36.2 Å². The number of hydrogen-bond acceptors (Lipinski definition) is 2. The molecule has 0 heterocycles. The Balaban J connectivity index is 2.76. The highest BCUT2D eigenvalue weighted by Gasteiger charge is 1.97. The standard InChI is InChI=1S/C9H9IN2/c1-12(7-6-11)9-4-2-8(10)3-5-9/h2-5H,7H2,1H3. The largest absolute Gasteiger partial charge is 0.361 e. The molecule has 0 atom stereocenters. The Hall–Kier alpha value is -0.760. The maximum absolute atomic E-state index is 8.46. The molecule has 0 N–H and O–H groups in total. The molecule has 3 heteroatoms. The highest BCUT2D eigenvalue weighted by Crippen LogP contribution is 2.14. The van der Waals surface area contributed by atoms with Crippen LogP contribution in [-0.2, 0) is 0 Å². The van der Waals surface area contributed by atoms with Crippen LogP contribution in [0.15, 0.2) is 24.3 Å². The minimum absolute atomic E-state index is 0.431. The third-order valence-corrected chi connectivity index (χ3v) is 2.29. The first-order chi connectivity index (χ1) is 5.74. The van der Waals surface area contributed by atoms with Crippen LogP contribution in [-0.4, -0.2) is 13.6 Å². The average molecular weight is 272 g/mol. The second-order valence-corrected chi connectivity index (χ2v) is 3.74. The van der Waals surface area contributed by atoms with Crippen LogP contribution in [0.5, 0.6) is 0 Å². The number of hydrogen-bond donors (Lipinski definition) is 0. The van der Waals surface area contributed by atoms with Gasteiger partial charge in [-0.05, 0) is 46.9 Å². The van der Waals surface area contributed by atoms with Crippen molar-refractivity contribution in [1.29, 1.82) is 5.26 Å². The monoisotopic (exact) mass is 272 g/mol.